The molecule has 2 saturated carbocycles. The fourth-order valence-electron chi connectivity index (χ4n) is 2.86. The molecule has 0 unspecified atom stereocenters. The summed E-state index contributed by atoms with van der Waals surface area (Å²) in [6, 6.07) is 0.862. The van der Waals surface area contributed by atoms with Gasteiger partial charge in [-0.1, -0.05) is 19.8 Å². The molecule has 2 aliphatic rings. The van der Waals surface area contributed by atoms with Gasteiger partial charge in [0.2, 0.25) is 0 Å². The van der Waals surface area contributed by atoms with Crippen LogP contribution in [0.2, 0.25) is 0 Å². The van der Waals surface area contributed by atoms with E-state index in [0.717, 1.165) is 6.04 Å². The number of nitrogens with zero attached hydrogens (tertiary/aromatic N) is 1. The summed E-state index contributed by atoms with van der Waals surface area (Å²) in [5, 5.41) is 3.58. The van der Waals surface area contributed by atoms with Gasteiger partial charge in [0.1, 0.15) is 0 Å². The van der Waals surface area contributed by atoms with Crippen LogP contribution >= 0.6 is 0 Å². The second-order valence-corrected chi connectivity index (χ2v) is 5.98. The van der Waals surface area contributed by atoms with Gasteiger partial charge in [0.25, 0.3) is 0 Å². The lowest BCUT2D eigenvalue weighted by atomic mass is 9.88. The third-order valence-corrected chi connectivity index (χ3v) is 3.97. The molecule has 2 rings (SSSR count). The second kappa shape index (κ2) is 4.84. The average molecular weight is 210 g/mol. The van der Waals surface area contributed by atoms with E-state index in [1.807, 2.05) is 0 Å². The van der Waals surface area contributed by atoms with Gasteiger partial charge in [-0.3, -0.25) is 0 Å². The molecule has 0 heterocycles. The number of hydrogen-bond acceptors (Lipinski definition) is 2. The number of likely N-dealkylation sites (N-methyl/N-ethyl adjacent to an activating group) is 1. The molecule has 0 aromatic rings. The summed E-state index contributed by atoms with van der Waals surface area (Å²) in [6.07, 6.45) is 8.58. The van der Waals surface area contributed by atoms with Gasteiger partial charge in [-0.25, -0.2) is 0 Å². The maximum Gasteiger partial charge on any atom is 0.0104 e. The van der Waals surface area contributed by atoms with Crippen LogP contribution in [0.15, 0.2) is 0 Å². The Bertz CT molecular complexity index is 193. The number of nitrogens with one attached hydrogen (secondary N) is 1. The molecule has 0 aromatic carbocycles. The molecule has 0 saturated heterocycles. The van der Waals surface area contributed by atoms with Crippen LogP contribution in [0.3, 0.4) is 0 Å². The lowest BCUT2D eigenvalue weighted by Gasteiger charge is -2.29. The predicted molar refractivity (Wildman–Crippen MR) is 65.1 cm³/mol. The highest BCUT2D eigenvalue weighted by Crippen LogP contribution is 2.37. The average Bonchev–Trinajstić information content (AvgIpc) is 2.89. The fraction of sp³-hybridized carbons (Fsp3) is 1.00. The summed E-state index contributed by atoms with van der Waals surface area (Å²) in [5.41, 5.74) is 0.619. The Hall–Kier alpha value is -0.0800. The first-order valence-electron chi connectivity index (χ1n) is 6.60. The predicted octanol–water partition coefficient (Wildman–Crippen LogP) is 2.25. The molecule has 0 aliphatic heterocycles. The van der Waals surface area contributed by atoms with Crippen molar-refractivity contribution in [3.05, 3.63) is 0 Å². The maximum absolute atomic E-state index is 3.58. The van der Waals surface area contributed by atoms with E-state index in [1.165, 1.54) is 58.2 Å². The van der Waals surface area contributed by atoms with Gasteiger partial charge in [0.05, 0.1) is 0 Å². The van der Waals surface area contributed by atoms with Gasteiger partial charge >= 0.3 is 0 Å². The van der Waals surface area contributed by atoms with E-state index in [2.05, 4.69) is 24.2 Å². The molecule has 0 bridgehead atoms. The summed E-state index contributed by atoms with van der Waals surface area (Å²) in [6.45, 7) is 6.15. The van der Waals surface area contributed by atoms with Crippen molar-refractivity contribution in [2.75, 3.05) is 26.7 Å². The van der Waals surface area contributed by atoms with E-state index >= 15 is 0 Å². The Labute approximate surface area is 94.4 Å². The van der Waals surface area contributed by atoms with Crippen LogP contribution in [0.4, 0.5) is 0 Å². The van der Waals surface area contributed by atoms with Gasteiger partial charge in [0, 0.05) is 25.7 Å². The van der Waals surface area contributed by atoms with E-state index < -0.39 is 0 Å². The smallest absolute Gasteiger partial charge is 0.0104 e. The summed E-state index contributed by atoms with van der Waals surface area (Å²) in [7, 11) is 2.28. The Morgan fingerprint density at radius 1 is 1.27 bits per heavy atom. The summed E-state index contributed by atoms with van der Waals surface area (Å²) < 4.78 is 0. The van der Waals surface area contributed by atoms with E-state index in [1.54, 1.807) is 0 Å². The molecular formula is C13H26N2. The zero-order valence-electron chi connectivity index (χ0n) is 10.4. The van der Waals surface area contributed by atoms with Crippen molar-refractivity contribution in [1.29, 1.82) is 0 Å². The van der Waals surface area contributed by atoms with Crippen molar-refractivity contribution in [1.82, 2.24) is 10.2 Å². The van der Waals surface area contributed by atoms with Gasteiger partial charge < -0.3 is 10.2 Å². The first-order valence-corrected chi connectivity index (χ1v) is 6.60. The van der Waals surface area contributed by atoms with E-state index in [0.29, 0.717) is 5.41 Å². The minimum Gasteiger partial charge on any atom is -0.313 e. The third-order valence-electron chi connectivity index (χ3n) is 3.97. The van der Waals surface area contributed by atoms with E-state index in [9.17, 15) is 0 Å². The highest BCUT2D eigenvalue weighted by Gasteiger charge is 2.29. The van der Waals surface area contributed by atoms with Crippen LogP contribution in [0.5, 0.6) is 0 Å². The Morgan fingerprint density at radius 3 is 2.53 bits per heavy atom. The second-order valence-electron chi connectivity index (χ2n) is 5.98. The molecule has 88 valence electrons. The first kappa shape index (κ1) is 11.4. The lowest BCUT2D eigenvalue weighted by molar-refractivity contribution is 0.197. The Balaban J connectivity index is 1.59. The van der Waals surface area contributed by atoms with Crippen LogP contribution in [0.1, 0.15) is 45.4 Å². The van der Waals surface area contributed by atoms with Crippen molar-refractivity contribution in [2.45, 2.75) is 51.5 Å². The standard InChI is InChI=1S/C13H26N2/c1-13(7-3-4-8-13)11-15(2)10-9-14-12-5-6-12/h12,14H,3-11H2,1-2H3. The van der Waals surface area contributed by atoms with Gasteiger partial charge in [-0.05, 0) is 38.1 Å². The van der Waals surface area contributed by atoms with Crippen LogP contribution in [-0.4, -0.2) is 37.6 Å². The minimum absolute atomic E-state index is 0.619. The van der Waals surface area contributed by atoms with Crippen molar-refractivity contribution < 1.29 is 0 Å². The zero-order chi connectivity index (χ0) is 10.7. The van der Waals surface area contributed by atoms with Crippen molar-refractivity contribution in [3.8, 4) is 0 Å². The number of hydrogen-bond donors (Lipinski definition) is 1. The molecular weight excluding hydrogens is 184 g/mol. The molecule has 0 spiro atoms. The van der Waals surface area contributed by atoms with Crippen LogP contribution in [-0.2, 0) is 0 Å². The van der Waals surface area contributed by atoms with E-state index in [4.69, 9.17) is 0 Å². The zero-order valence-corrected chi connectivity index (χ0v) is 10.4. The molecule has 2 heteroatoms. The molecule has 2 aliphatic carbocycles. The van der Waals surface area contributed by atoms with Crippen LogP contribution < -0.4 is 5.32 Å². The SMILES string of the molecule is CN(CCNC1CC1)CC1(C)CCCC1. The van der Waals surface area contributed by atoms with Crippen molar-refractivity contribution in [2.24, 2.45) is 5.41 Å². The van der Waals surface area contributed by atoms with Crippen molar-refractivity contribution >= 4 is 0 Å². The lowest BCUT2D eigenvalue weighted by Crippen LogP contribution is -2.36. The topological polar surface area (TPSA) is 15.3 Å². The molecule has 2 nitrogen and oxygen atoms in total. The molecule has 0 atom stereocenters. The summed E-state index contributed by atoms with van der Waals surface area (Å²) >= 11 is 0. The quantitative estimate of drug-likeness (QED) is 0.723. The van der Waals surface area contributed by atoms with Gasteiger partial charge in [0.15, 0.2) is 0 Å². The van der Waals surface area contributed by atoms with Crippen LogP contribution in [0, 0.1) is 5.41 Å². The summed E-state index contributed by atoms with van der Waals surface area (Å²) in [4.78, 5) is 2.51. The first-order chi connectivity index (χ1) is 7.18. The number of rotatable bonds is 6. The largest absolute Gasteiger partial charge is 0.313 e. The monoisotopic (exact) mass is 210 g/mol. The highest BCUT2D eigenvalue weighted by molar-refractivity contribution is 4.84. The molecule has 2 fully saturated rings. The summed E-state index contributed by atoms with van der Waals surface area (Å²) in [5.74, 6) is 0. The van der Waals surface area contributed by atoms with Gasteiger partial charge in [-0.15, -0.1) is 0 Å². The molecule has 0 amide bonds. The maximum atomic E-state index is 3.58. The normalized spacial score (nSPS) is 25.0. The van der Waals surface area contributed by atoms with Crippen molar-refractivity contribution in [3.63, 3.8) is 0 Å². The van der Waals surface area contributed by atoms with Crippen LogP contribution in [0.25, 0.3) is 0 Å². The Morgan fingerprint density at radius 2 is 1.93 bits per heavy atom. The fourth-order valence-corrected chi connectivity index (χ4v) is 2.86. The Kier molecular flexibility index (Phi) is 3.68. The van der Waals surface area contributed by atoms with Gasteiger partial charge in [-0.2, -0.15) is 0 Å². The minimum atomic E-state index is 0.619. The molecule has 15 heavy (non-hydrogen) atoms. The molecule has 0 aromatic heterocycles. The molecule has 1 N–H and O–H groups in total. The molecule has 0 radical (unpaired) electrons. The van der Waals surface area contributed by atoms with E-state index in [-0.39, 0.29) is 0 Å². The highest BCUT2D eigenvalue weighted by atomic mass is 15.1. The third kappa shape index (κ3) is 3.76.